The van der Waals surface area contributed by atoms with Gasteiger partial charge in [0.1, 0.15) is 5.00 Å². The van der Waals surface area contributed by atoms with Crippen molar-refractivity contribution in [2.45, 2.75) is 45.6 Å². The van der Waals surface area contributed by atoms with Gasteiger partial charge in [-0.25, -0.2) is 4.79 Å². The number of rotatable bonds is 2. The molecule has 0 saturated heterocycles. The maximum Gasteiger partial charge on any atom is 0.320 e. The monoisotopic (exact) mass is 281 g/mol. The number of hydrogen-bond donors (Lipinski definition) is 3. The van der Waals surface area contributed by atoms with E-state index in [1.54, 1.807) is 0 Å². The molecule has 1 heterocycles. The minimum Gasteiger partial charge on any atom is -0.365 e. The standard InChI is InChI=1S/C13H19N3O2S/c1-13(2,3)16-12(18)15-11-9(10(14)17)7-5-4-6-8(7)19-11/h4-6H2,1-3H3,(H2,14,17)(H2,15,16,18). The molecule has 104 valence electrons. The minimum absolute atomic E-state index is 0.310. The lowest BCUT2D eigenvalue weighted by Crippen LogP contribution is -2.43. The summed E-state index contributed by atoms with van der Waals surface area (Å²) in [6.07, 6.45) is 2.88. The molecule has 1 aromatic rings. The number of fused-ring (bicyclic) bond motifs is 1. The Morgan fingerprint density at radius 1 is 1.26 bits per heavy atom. The Balaban J connectivity index is 2.22. The molecular formula is C13H19N3O2S. The molecule has 0 atom stereocenters. The lowest BCUT2D eigenvalue weighted by molar-refractivity contribution is 0.100. The summed E-state index contributed by atoms with van der Waals surface area (Å²) in [4.78, 5) is 24.6. The van der Waals surface area contributed by atoms with Gasteiger partial charge in [0.05, 0.1) is 5.56 Å². The SMILES string of the molecule is CC(C)(C)NC(=O)Nc1sc2c(c1C(N)=O)CCC2. The molecule has 1 aliphatic carbocycles. The molecule has 0 aromatic carbocycles. The second-order valence-electron chi connectivity index (χ2n) is 5.75. The van der Waals surface area contributed by atoms with Crippen molar-refractivity contribution < 1.29 is 9.59 Å². The second kappa shape index (κ2) is 4.85. The van der Waals surface area contributed by atoms with E-state index in [-0.39, 0.29) is 11.6 Å². The molecule has 1 aliphatic rings. The summed E-state index contributed by atoms with van der Waals surface area (Å²) in [7, 11) is 0. The molecule has 1 aromatic heterocycles. The van der Waals surface area contributed by atoms with Crippen LogP contribution in [0, 0.1) is 0 Å². The number of anilines is 1. The summed E-state index contributed by atoms with van der Waals surface area (Å²) in [5.74, 6) is -0.467. The molecule has 0 unspecified atom stereocenters. The maximum atomic E-state index is 11.9. The van der Waals surface area contributed by atoms with Crippen molar-refractivity contribution in [2.75, 3.05) is 5.32 Å². The van der Waals surface area contributed by atoms with Gasteiger partial charge >= 0.3 is 6.03 Å². The summed E-state index contributed by atoms with van der Waals surface area (Å²) in [6.45, 7) is 5.70. The van der Waals surface area contributed by atoms with Crippen LogP contribution in [0.1, 0.15) is 48.0 Å². The zero-order chi connectivity index (χ0) is 14.2. The molecule has 3 amide bonds. The zero-order valence-electron chi connectivity index (χ0n) is 11.4. The zero-order valence-corrected chi connectivity index (χ0v) is 12.2. The highest BCUT2D eigenvalue weighted by atomic mass is 32.1. The van der Waals surface area contributed by atoms with E-state index in [1.165, 1.54) is 16.2 Å². The lowest BCUT2D eigenvalue weighted by Gasteiger charge is -2.20. The highest BCUT2D eigenvalue weighted by molar-refractivity contribution is 7.17. The average molecular weight is 281 g/mol. The quantitative estimate of drug-likeness (QED) is 0.776. The van der Waals surface area contributed by atoms with Crippen LogP contribution in [0.5, 0.6) is 0 Å². The van der Waals surface area contributed by atoms with Crippen molar-refractivity contribution in [2.24, 2.45) is 5.73 Å². The van der Waals surface area contributed by atoms with Crippen molar-refractivity contribution in [1.82, 2.24) is 5.32 Å². The van der Waals surface area contributed by atoms with Gasteiger partial charge in [0.2, 0.25) is 0 Å². The normalized spacial score (nSPS) is 14.1. The van der Waals surface area contributed by atoms with E-state index < -0.39 is 5.91 Å². The van der Waals surface area contributed by atoms with Crippen molar-refractivity contribution in [3.8, 4) is 0 Å². The first-order valence-corrected chi connectivity index (χ1v) is 7.13. The molecule has 19 heavy (non-hydrogen) atoms. The van der Waals surface area contributed by atoms with Gasteiger partial charge in [-0.2, -0.15) is 0 Å². The Labute approximate surface area is 116 Å². The van der Waals surface area contributed by atoms with Gasteiger partial charge in [-0.05, 0) is 45.6 Å². The number of carbonyl (C=O) groups is 2. The molecule has 0 bridgehead atoms. The molecule has 0 radical (unpaired) electrons. The number of nitrogens with two attached hydrogens (primary N) is 1. The van der Waals surface area contributed by atoms with Gasteiger partial charge in [0, 0.05) is 10.4 Å². The maximum absolute atomic E-state index is 11.9. The van der Waals surface area contributed by atoms with E-state index in [0.717, 1.165) is 24.8 Å². The van der Waals surface area contributed by atoms with E-state index in [4.69, 9.17) is 5.73 Å². The fourth-order valence-corrected chi connectivity index (χ4v) is 3.52. The minimum atomic E-state index is -0.467. The summed E-state index contributed by atoms with van der Waals surface area (Å²) in [6, 6.07) is -0.310. The molecule has 0 saturated carbocycles. The van der Waals surface area contributed by atoms with Crippen LogP contribution < -0.4 is 16.4 Å². The Morgan fingerprint density at radius 3 is 2.53 bits per heavy atom. The smallest absolute Gasteiger partial charge is 0.320 e. The van der Waals surface area contributed by atoms with Gasteiger partial charge in [-0.15, -0.1) is 11.3 Å². The Morgan fingerprint density at radius 2 is 1.95 bits per heavy atom. The van der Waals surface area contributed by atoms with E-state index in [2.05, 4.69) is 10.6 Å². The summed E-state index contributed by atoms with van der Waals surface area (Å²) < 4.78 is 0. The number of nitrogens with one attached hydrogen (secondary N) is 2. The van der Waals surface area contributed by atoms with Crippen LogP contribution in [0.25, 0.3) is 0 Å². The first kappa shape index (κ1) is 13.9. The molecule has 0 fully saturated rings. The van der Waals surface area contributed by atoms with Crippen molar-refractivity contribution in [1.29, 1.82) is 0 Å². The molecule has 2 rings (SSSR count). The molecule has 4 N–H and O–H groups in total. The van der Waals surface area contributed by atoms with Gasteiger partial charge in [-0.3, -0.25) is 10.1 Å². The van der Waals surface area contributed by atoms with E-state index >= 15 is 0 Å². The Kier molecular flexibility index (Phi) is 3.54. The summed E-state index contributed by atoms with van der Waals surface area (Å²) >= 11 is 1.46. The number of urea groups is 1. The predicted octanol–water partition coefficient (Wildman–Crippen LogP) is 2.26. The van der Waals surface area contributed by atoms with Crippen LogP contribution in [0.2, 0.25) is 0 Å². The van der Waals surface area contributed by atoms with Crippen LogP contribution in [-0.4, -0.2) is 17.5 Å². The second-order valence-corrected chi connectivity index (χ2v) is 6.86. The Bertz CT molecular complexity index is 529. The number of thiophene rings is 1. The highest BCUT2D eigenvalue weighted by Crippen LogP contribution is 2.38. The number of aryl methyl sites for hydroxylation is 1. The number of primary amides is 1. The molecule has 5 nitrogen and oxygen atoms in total. The van der Waals surface area contributed by atoms with Crippen LogP contribution in [-0.2, 0) is 12.8 Å². The summed E-state index contributed by atoms with van der Waals surface area (Å²) in [5, 5.41) is 6.12. The third-order valence-electron chi connectivity index (χ3n) is 2.88. The molecule has 0 spiro atoms. The lowest BCUT2D eigenvalue weighted by atomic mass is 10.1. The van der Waals surface area contributed by atoms with Gasteiger partial charge in [-0.1, -0.05) is 0 Å². The number of hydrogen-bond acceptors (Lipinski definition) is 3. The van der Waals surface area contributed by atoms with Gasteiger partial charge in [0.25, 0.3) is 5.91 Å². The summed E-state index contributed by atoms with van der Waals surface area (Å²) in [5.41, 5.74) is 6.61. The number of carbonyl (C=O) groups excluding carboxylic acids is 2. The van der Waals surface area contributed by atoms with Gasteiger partial charge in [0.15, 0.2) is 0 Å². The molecule has 0 aliphatic heterocycles. The Hall–Kier alpha value is -1.56. The predicted molar refractivity (Wildman–Crippen MR) is 76.8 cm³/mol. The van der Waals surface area contributed by atoms with E-state index in [0.29, 0.717) is 10.6 Å². The van der Waals surface area contributed by atoms with E-state index in [9.17, 15) is 9.59 Å². The fraction of sp³-hybridized carbons (Fsp3) is 0.538. The first-order chi connectivity index (χ1) is 8.78. The average Bonchev–Trinajstić information content (AvgIpc) is 2.72. The van der Waals surface area contributed by atoms with Crippen LogP contribution in [0.4, 0.5) is 9.80 Å². The highest BCUT2D eigenvalue weighted by Gasteiger charge is 2.26. The van der Waals surface area contributed by atoms with E-state index in [1.807, 2.05) is 20.8 Å². The largest absolute Gasteiger partial charge is 0.365 e. The van der Waals surface area contributed by atoms with Gasteiger partial charge < -0.3 is 11.1 Å². The number of amides is 3. The van der Waals surface area contributed by atoms with Crippen molar-refractivity contribution in [3.05, 3.63) is 16.0 Å². The van der Waals surface area contributed by atoms with Crippen LogP contribution >= 0.6 is 11.3 Å². The fourth-order valence-electron chi connectivity index (χ4n) is 2.23. The van der Waals surface area contributed by atoms with Crippen LogP contribution in [0.3, 0.4) is 0 Å². The topological polar surface area (TPSA) is 84.2 Å². The van der Waals surface area contributed by atoms with Crippen LogP contribution in [0.15, 0.2) is 0 Å². The molecule has 6 heteroatoms. The van der Waals surface area contributed by atoms with Crippen molar-refractivity contribution in [3.63, 3.8) is 0 Å². The van der Waals surface area contributed by atoms with Crippen molar-refractivity contribution >= 4 is 28.3 Å². The third-order valence-corrected chi connectivity index (χ3v) is 4.09. The molecular weight excluding hydrogens is 262 g/mol. The first-order valence-electron chi connectivity index (χ1n) is 6.31. The third kappa shape index (κ3) is 3.07.